The molecule has 0 bridgehead atoms. The van der Waals surface area contributed by atoms with E-state index >= 15 is 0 Å². The lowest BCUT2D eigenvalue weighted by molar-refractivity contribution is 0.470. The van der Waals surface area contributed by atoms with Gasteiger partial charge in [0.15, 0.2) is 0 Å². The van der Waals surface area contributed by atoms with Crippen LogP contribution >= 0.6 is 0 Å². The number of hydrogen-bond donors (Lipinski definition) is 1. The van der Waals surface area contributed by atoms with Crippen molar-refractivity contribution in [3.8, 4) is 0 Å². The van der Waals surface area contributed by atoms with Gasteiger partial charge in [-0.05, 0) is 81.7 Å². The standard InChI is InChI=1S/C16H25N/c1-11-9-13(3)15(10-12(11)2)7-8-16(17-4)14-5-6-14/h9-10,14,16-17H,5-8H2,1-4H3. The molecule has 2 rings (SSSR count). The summed E-state index contributed by atoms with van der Waals surface area (Å²) in [4.78, 5) is 0. The van der Waals surface area contributed by atoms with Crippen LogP contribution in [0.2, 0.25) is 0 Å². The highest BCUT2D eigenvalue weighted by Gasteiger charge is 2.29. The van der Waals surface area contributed by atoms with Gasteiger partial charge in [-0.3, -0.25) is 0 Å². The maximum absolute atomic E-state index is 3.48. The first-order valence-electron chi connectivity index (χ1n) is 6.86. The van der Waals surface area contributed by atoms with Crippen molar-refractivity contribution in [3.63, 3.8) is 0 Å². The summed E-state index contributed by atoms with van der Waals surface area (Å²) >= 11 is 0. The molecule has 0 aliphatic heterocycles. The Balaban J connectivity index is 2.00. The van der Waals surface area contributed by atoms with Crippen molar-refractivity contribution in [2.24, 2.45) is 5.92 Å². The monoisotopic (exact) mass is 231 g/mol. The van der Waals surface area contributed by atoms with Crippen LogP contribution in [0.5, 0.6) is 0 Å². The lowest BCUT2D eigenvalue weighted by atomic mass is 9.95. The Labute approximate surface area is 106 Å². The number of nitrogens with one attached hydrogen (secondary N) is 1. The smallest absolute Gasteiger partial charge is 0.00954 e. The third kappa shape index (κ3) is 3.10. The summed E-state index contributed by atoms with van der Waals surface area (Å²) in [5, 5.41) is 3.48. The highest BCUT2D eigenvalue weighted by Crippen LogP contribution is 2.34. The fraction of sp³-hybridized carbons (Fsp3) is 0.625. The van der Waals surface area contributed by atoms with Crippen molar-refractivity contribution in [2.75, 3.05) is 7.05 Å². The molecule has 1 unspecified atom stereocenters. The maximum Gasteiger partial charge on any atom is 0.00954 e. The van der Waals surface area contributed by atoms with E-state index in [4.69, 9.17) is 0 Å². The van der Waals surface area contributed by atoms with Crippen LogP contribution in [0.4, 0.5) is 0 Å². The predicted molar refractivity (Wildman–Crippen MR) is 74.5 cm³/mol. The van der Waals surface area contributed by atoms with Gasteiger partial charge in [-0.15, -0.1) is 0 Å². The van der Waals surface area contributed by atoms with Gasteiger partial charge < -0.3 is 5.32 Å². The van der Waals surface area contributed by atoms with Crippen LogP contribution in [0.15, 0.2) is 12.1 Å². The lowest BCUT2D eigenvalue weighted by Crippen LogP contribution is -2.27. The van der Waals surface area contributed by atoms with E-state index in [0.29, 0.717) is 0 Å². The fourth-order valence-corrected chi connectivity index (χ4v) is 2.71. The fourth-order valence-electron chi connectivity index (χ4n) is 2.71. The van der Waals surface area contributed by atoms with E-state index in [-0.39, 0.29) is 0 Å². The van der Waals surface area contributed by atoms with Gasteiger partial charge in [0.2, 0.25) is 0 Å². The molecule has 0 amide bonds. The number of aryl methyl sites for hydroxylation is 4. The van der Waals surface area contributed by atoms with Crippen LogP contribution in [0, 0.1) is 26.7 Å². The van der Waals surface area contributed by atoms with E-state index in [0.717, 1.165) is 12.0 Å². The quantitative estimate of drug-likeness (QED) is 0.817. The van der Waals surface area contributed by atoms with Crippen molar-refractivity contribution in [3.05, 3.63) is 34.4 Å². The highest BCUT2D eigenvalue weighted by molar-refractivity contribution is 5.36. The first kappa shape index (κ1) is 12.6. The molecule has 0 radical (unpaired) electrons. The van der Waals surface area contributed by atoms with Crippen LogP contribution in [-0.2, 0) is 6.42 Å². The van der Waals surface area contributed by atoms with E-state index in [9.17, 15) is 0 Å². The second-order valence-electron chi connectivity index (χ2n) is 5.63. The number of rotatable bonds is 5. The molecule has 1 heteroatoms. The van der Waals surface area contributed by atoms with Crippen LogP contribution < -0.4 is 5.32 Å². The van der Waals surface area contributed by atoms with Crippen molar-refractivity contribution < 1.29 is 0 Å². The molecule has 1 atom stereocenters. The molecule has 1 N–H and O–H groups in total. The van der Waals surface area contributed by atoms with Crippen LogP contribution in [0.3, 0.4) is 0 Å². The molecule has 1 fully saturated rings. The van der Waals surface area contributed by atoms with E-state index in [1.165, 1.54) is 47.9 Å². The molecule has 1 nitrogen and oxygen atoms in total. The minimum absolute atomic E-state index is 0.732. The number of hydrogen-bond acceptors (Lipinski definition) is 1. The molecule has 0 aromatic heterocycles. The molecule has 94 valence electrons. The normalized spacial score (nSPS) is 17.2. The van der Waals surface area contributed by atoms with Crippen molar-refractivity contribution in [1.29, 1.82) is 0 Å². The minimum Gasteiger partial charge on any atom is -0.317 e. The van der Waals surface area contributed by atoms with Crippen molar-refractivity contribution >= 4 is 0 Å². The third-order valence-electron chi connectivity index (χ3n) is 4.24. The summed E-state index contributed by atoms with van der Waals surface area (Å²) in [5.74, 6) is 0.951. The molecule has 1 aliphatic rings. The molecular formula is C16H25N. The first-order valence-corrected chi connectivity index (χ1v) is 6.86. The van der Waals surface area contributed by atoms with Gasteiger partial charge in [-0.1, -0.05) is 12.1 Å². The summed E-state index contributed by atoms with van der Waals surface area (Å²) in [6.45, 7) is 6.66. The molecule has 1 aromatic carbocycles. The SMILES string of the molecule is CNC(CCc1cc(C)c(C)cc1C)C1CC1. The molecule has 17 heavy (non-hydrogen) atoms. The summed E-state index contributed by atoms with van der Waals surface area (Å²) in [5.41, 5.74) is 5.84. The Hall–Kier alpha value is -0.820. The van der Waals surface area contributed by atoms with Gasteiger partial charge in [0, 0.05) is 6.04 Å². The van der Waals surface area contributed by atoms with Crippen LogP contribution in [-0.4, -0.2) is 13.1 Å². The average Bonchev–Trinajstić information content (AvgIpc) is 3.10. The van der Waals surface area contributed by atoms with E-state index < -0.39 is 0 Å². The van der Waals surface area contributed by atoms with E-state index in [1.54, 1.807) is 0 Å². The molecule has 1 saturated carbocycles. The van der Waals surface area contributed by atoms with Crippen molar-refractivity contribution in [2.45, 2.75) is 52.5 Å². The minimum atomic E-state index is 0.732. The second kappa shape index (κ2) is 5.22. The molecule has 0 heterocycles. The summed E-state index contributed by atoms with van der Waals surface area (Å²) in [6, 6.07) is 5.44. The average molecular weight is 231 g/mol. The van der Waals surface area contributed by atoms with Gasteiger partial charge in [0.25, 0.3) is 0 Å². The number of benzene rings is 1. The Morgan fingerprint density at radius 2 is 1.76 bits per heavy atom. The predicted octanol–water partition coefficient (Wildman–Crippen LogP) is 3.54. The zero-order valence-electron chi connectivity index (χ0n) is 11.6. The molecular weight excluding hydrogens is 206 g/mol. The van der Waals surface area contributed by atoms with E-state index in [1.807, 2.05) is 0 Å². The van der Waals surface area contributed by atoms with E-state index in [2.05, 4.69) is 45.3 Å². The first-order chi connectivity index (χ1) is 8.11. The maximum atomic E-state index is 3.48. The van der Waals surface area contributed by atoms with Gasteiger partial charge in [-0.2, -0.15) is 0 Å². The molecule has 1 aromatic rings. The molecule has 1 aliphatic carbocycles. The molecule has 0 spiro atoms. The summed E-state index contributed by atoms with van der Waals surface area (Å²) < 4.78 is 0. The van der Waals surface area contributed by atoms with Gasteiger partial charge in [-0.25, -0.2) is 0 Å². The Kier molecular flexibility index (Phi) is 3.88. The second-order valence-corrected chi connectivity index (χ2v) is 5.63. The largest absolute Gasteiger partial charge is 0.317 e. The third-order valence-corrected chi connectivity index (χ3v) is 4.24. The van der Waals surface area contributed by atoms with Crippen LogP contribution in [0.25, 0.3) is 0 Å². The lowest BCUT2D eigenvalue weighted by Gasteiger charge is -2.16. The zero-order chi connectivity index (χ0) is 12.4. The Morgan fingerprint density at radius 1 is 1.12 bits per heavy atom. The van der Waals surface area contributed by atoms with Gasteiger partial charge in [0.05, 0.1) is 0 Å². The van der Waals surface area contributed by atoms with Crippen molar-refractivity contribution in [1.82, 2.24) is 5.32 Å². The summed E-state index contributed by atoms with van der Waals surface area (Å²) in [7, 11) is 2.11. The topological polar surface area (TPSA) is 12.0 Å². The Morgan fingerprint density at radius 3 is 2.35 bits per heavy atom. The van der Waals surface area contributed by atoms with Gasteiger partial charge in [0.1, 0.15) is 0 Å². The van der Waals surface area contributed by atoms with Crippen LogP contribution in [0.1, 0.15) is 41.5 Å². The highest BCUT2D eigenvalue weighted by atomic mass is 14.9. The Bertz CT molecular complexity index is 391. The zero-order valence-corrected chi connectivity index (χ0v) is 11.6. The summed E-state index contributed by atoms with van der Waals surface area (Å²) in [6.07, 6.45) is 5.36. The van der Waals surface area contributed by atoms with Gasteiger partial charge >= 0.3 is 0 Å². The molecule has 0 saturated heterocycles.